The number of fused-ring (bicyclic) bond motifs is 1. The SMILES string of the molecule is O=C1Nc2ccccc2C(c2ccccc2)=NC1Nc1nnc(-c2ccc(C(F)(F)F)cn2)o1. The molecule has 0 saturated heterocycles. The Labute approximate surface area is 190 Å². The number of aliphatic imine (C=N–C) groups is 1. The van der Waals surface area contributed by atoms with E-state index in [0.717, 1.165) is 23.3 Å². The molecular formula is C23H15F3N6O2. The molecule has 1 amide bonds. The molecule has 1 aliphatic rings. The average molecular weight is 464 g/mol. The molecule has 5 rings (SSSR count). The Morgan fingerprint density at radius 3 is 2.44 bits per heavy atom. The molecule has 0 bridgehead atoms. The Morgan fingerprint density at radius 2 is 1.71 bits per heavy atom. The smallest absolute Gasteiger partial charge is 0.402 e. The molecular weight excluding hydrogens is 449 g/mol. The van der Waals surface area contributed by atoms with E-state index in [9.17, 15) is 18.0 Å². The number of alkyl halides is 3. The third-order valence-corrected chi connectivity index (χ3v) is 4.99. The summed E-state index contributed by atoms with van der Waals surface area (Å²) in [4.78, 5) is 21.2. The van der Waals surface area contributed by atoms with Crippen molar-refractivity contribution >= 4 is 23.3 Å². The van der Waals surface area contributed by atoms with Gasteiger partial charge in [0.1, 0.15) is 5.69 Å². The molecule has 2 aromatic heterocycles. The van der Waals surface area contributed by atoms with Gasteiger partial charge in [0.25, 0.3) is 11.8 Å². The highest BCUT2D eigenvalue weighted by Crippen LogP contribution is 2.30. The molecule has 1 atom stereocenters. The minimum Gasteiger partial charge on any atom is -0.402 e. The van der Waals surface area contributed by atoms with Crippen LogP contribution in [-0.4, -0.2) is 33.0 Å². The molecule has 4 aromatic rings. The van der Waals surface area contributed by atoms with Gasteiger partial charge in [0.05, 0.1) is 17.0 Å². The van der Waals surface area contributed by atoms with Crippen molar-refractivity contribution in [2.75, 3.05) is 10.6 Å². The number of benzodiazepines with no additional fused rings is 1. The van der Waals surface area contributed by atoms with E-state index in [4.69, 9.17) is 4.42 Å². The van der Waals surface area contributed by atoms with Crippen LogP contribution in [0, 0.1) is 0 Å². The van der Waals surface area contributed by atoms with Crippen LogP contribution in [0.5, 0.6) is 0 Å². The Kier molecular flexibility index (Phi) is 5.28. The van der Waals surface area contributed by atoms with Crippen LogP contribution in [-0.2, 0) is 11.0 Å². The molecule has 2 N–H and O–H groups in total. The molecule has 0 aliphatic carbocycles. The van der Waals surface area contributed by atoms with Crippen LogP contribution in [0.4, 0.5) is 24.9 Å². The first-order valence-electron chi connectivity index (χ1n) is 10.1. The topological polar surface area (TPSA) is 105 Å². The van der Waals surface area contributed by atoms with Gasteiger partial charge in [-0.15, -0.1) is 5.10 Å². The summed E-state index contributed by atoms with van der Waals surface area (Å²) in [5.74, 6) is -0.563. The molecule has 8 nitrogen and oxygen atoms in total. The van der Waals surface area contributed by atoms with Crippen molar-refractivity contribution in [2.24, 2.45) is 4.99 Å². The summed E-state index contributed by atoms with van der Waals surface area (Å²) in [5.41, 5.74) is 1.88. The lowest BCUT2D eigenvalue weighted by Crippen LogP contribution is -2.32. The molecule has 11 heteroatoms. The van der Waals surface area contributed by atoms with E-state index in [-0.39, 0.29) is 17.6 Å². The number of rotatable bonds is 4. The molecule has 0 saturated carbocycles. The standard InChI is InChI=1S/C23H15F3N6O2/c24-23(25,26)14-10-11-17(27-12-14)21-31-32-22(34-21)30-19-20(33)28-16-9-5-4-8-15(16)18(29-19)13-6-2-1-3-7-13/h1-12,19H,(H,28,33)(H,30,32). The van der Waals surface area contributed by atoms with E-state index >= 15 is 0 Å². The number of benzene rings is 2. The molecule has 0 fully saturated rings. The van der Waals surface area contributed by atoms with Crippen LogP contribution in [0.1, 0.15) is 16.7 Å². The number of nitrogens with one attached hydrogen (secondary N) is 2. The van der Waals surface area contributed by atoms with Crippen molar-refractivity contribution in [3.05, 3.63) is 89.6 Å². The van der Waals surface area contributed by atoms with E-state index in [2.05, 4.69) is 30.8 Å². The maximum atomic E-state index is 12.9. The molecule has 2 aromatic carbocycles. The monoisotopic (exact) mass is 464 g/mol. The van der Waals surface area contributed by atoms with Gasteiger partial charge in [0, 0.05) is 17.3 Å². The fourth-order valence-corrected chi connectivity index (χ4v) is 3.37. The van der Waals surface area contributed by atoms with Crippen molar-refractivity contribution in [2.45, 2.75) is 12.3 Å². The predicted octanol–water partition coefficient (Wildman–Crippen LogP) is 4.38. The molecule has 3 heterocycles. The quantitative estimate of drug-likeness (QED) is 0.465. The fourth-order valence-electron chi connectivity index (χ4n) is 3.37. The second-order valence-corrected chi connectivity index (χ2v) is 7.27. The van der Waals surface area contributed by atoms with Crippen molar-refractivity contribution in [3.63, 3.8) is 0 Å². The second-order valence-electron chi connectivity index (χ2n) is 7.27. The number of hydrogen-bond donors (Lipinski definition) is 2. The van der Waals surface area contributed by atoms with Crippen molar-refractivity contribution in [1.82, 2.24) is 15.2 Å². The van der Waals surface area contributed by atoms with Crippen molar-refractivity contribution in [1.29, 1.82) is 0 Å². The lowest BCUT2D eigenvalue weighted by Gasteiger charge is -2.11. The number of amides is 1. The number of carbonyl (C=O) groups excluding carboxylic acids is 1. The Morgan fingerprint density at radius 1 is 0.941 bits per heavy atom. The lowest BCUT2D eigenvalue weighted by atomic mass is 10.0. The zero-order valence-corrected chi connectivity index (χ0v) is 17.2. The number of hydrogen-bond acceptors (Lipinski definition) is 7. The highest BCUT2D eigenvalue weighted by Gasteiger charge is 2.31. The Hall–Kier alpha value is -4.54. The van der Waals surface area contributed by atoms with Gasteiger partial charge in [-0.05, 0) is 18.2 Å². The first-order chi connectivity index (χ1) is 16.4. The molecule has 170 valence electrons. The largest absolute Gasteiger partial charge is 0.417 e. The zero-order chi connectivity index (χ0) is 23.7. The molecule has 0 radical (unpaired) electrons. The van der Waals surface area contributed by atoms with E-state index < -0.39 is 23.8 Å². The summed E-state index contributed by atoms with van der Waals surface area (Å²) in [6.07, 6.45) is -4.94. The Balaban J connectivity index is 1.44. The van der Waals surface area contributed by atoms with Gasteiger partial charge in [0.2, 0.25) is 6.17 Å². The molecule has 34 heavy (non-hydrogen) atoms. The molecule has 1 aliphatic heterocycles. The summed E-state index contributed by atoms with van der Waals surface area (Å²) in [6, 6.07) is 18.5. The van der Waals surface area contributed by atoms with Crippen LogP contribution in [0.15, 0.2) is 82.3 Å². The number of pyridine rings is 1. The highest BCUT2D eigenvalue weighted by atomic mass is 19.4. The number of para-hydroxylation sites is 1. The van der Waals surface area contributed by atoms with Crippen LogP contribution in [0.3, 0.4) is 0 Å². The number of anilines is 2. The number of carbonyl (C=O) groups is 1. The second kappa shape index (κ2) is 8.43. The van der Waals surface area contributed by atoms with Gasteiger partial charge in [0.15, 0.2) is 0 Å². The predicted molar refractivity (Wildman–Crippen MR) is 117 cm³/mol. The maximum absolute atomic E-state index is 12.9. The highest BCUT2D eigenvalue weighted by molar-refractivity contribution is 6.19. The third-order valence-electron chi connectivity index (χ3n) is 4.99. The number of aromatic nitrogens is 3. The summed E-state index contributed by atoms with van der Waals surface area (Å²) in [5, 5.41) is 13.2. The van der Waals surface area contributed by atoms with Crippen LogP contribution < -0.4 is 10.6 Å². The third kappa shape index (κ3) is 4.22. The van der Waals surface area contributed by atoms with Crippen molar-refractivity contribution in [3.8, 4) is 11.6 Å². The fraction of sp³-hybridized carbons (Fsp3) is 0.0870. The zero-order valence-electron chi connectivity index (χ0n) is 17.2. The van der Waals surface area contributed by atoms with Crippen LogP contribution in [0.25, 0.3) is 11.6 Å². The molecule has 0 spiro atoms. The van der Waals surface area contributed by atoms with E-state index in [1.54, 1.807) is 12.1 Å². The summed E-state index contributed by atoms with van der Waals surface area (Å²) < 4.78 is 43.8. The van der Waals surface area contributed by atoms with Gasteiger partial charge in [-0.1, -0.05) is 53.6 Å². The van der Waals surface area contributed by atoms with Gasteiger partial charge in [-0.25, -0.2) is 4.99 Å². The van der Waals surface area contributed by atoms with Crippen molar-refractivity contribution < 1.29 is 22.4 Å². The van der Waals surface area contributed by atoms with E-state index in [1.807, 2.05) is 42.5 Å². The maximum Gasteiger partial charge on any atom is 0.417 e. The summed E-state index contributed by atoms with van der Waals surface area (Å²) in [7, 11) is 0. The summed E-state index contributed by atoms with van der Waals surface area (Å²) in [6.45, 7) is 0. The average Bonchev–Trinajstić information content (AvgIpc) is 3.25. The summed E-state index contributed by atoms with van der Waals surface area (Å²) >= 11 is 0. The normalized spacial score (nSPS) is 15.7. The first-order valence-corrected chi connectivity index (χ1v) is 10.1. The lowest BCUT2D eigenvalue weighted by molar-refractivity contribution is -0.137. The van der Waals surface area contributed by atoms with Gasteiger partial charge >= 0.3 is 12.2 Å². The van der Waals surface area contributed by atoms with E-state index in [0.29, 0.717) is 17.6 Å². The van der Waals surface area contributed by atoms with Gasteiger partial charge in [-0.2, -0.15) is 13.2 Å². The van der Waals surface area contributed by atoms with Crippen LogP contribution in [0.2, 0.25) is 0 Å². The minimum atomic E-state index is -4.51. The number of halogens is 3. The van der Waals surface area contributed by atoms with E-state index in [1.165, 1.54) is 0 Å². The van der Waals surface area contributed by atoms with Gasteiger partial charge in [-0.3, -0.25) is 9.78 Å². The van der Waals surface area contributed by atoms with Crippen LogP contribution >= 0.6 is 0 Å². The minimum absolute atomic E-state index is 0.0553. The number of nitrogens with zero attached hydrogens (tertiary/aromatic N) is 4. The Bertz CT molecular complexity index is 1370. The first kappa shape index (κ1) is 21.3. The van der Waals surface area contributed by atoms with Gasteiger partial charge < -0.3 is 15.1 Å². The molecule has 1 unspecified atom stereocenters.